The Hall–Kier alpha value is -15.8. The van der Waals surface area contributed by atoms with Gasteiger partial charge in [0.1, 0.15) is 0 Å². The van der Waals surface area contributed by atoms with Gasteiger partial charge in [-0.25, -0.2) is 19.9 Å². The van der Waals surface area contributed by atoms with Gasteiger partial charge in [0, 0.05) is 63.7 Å². The molecule has 4 heterocycles. The van der Waals surface area contributed by atoms with Gasteiger partial charge in [-0.3, -0.25) is 9.97 Å². The maximum atomic E-state index is 5.45. The minimum Gasteiger partial charge on any atom is -0.264 e. The van der Waals surface area contributed by atoms with Crippen molar-refractivity contribution in [1.29, 1.82) is 0 Å². The zero-order chi connectivity index (χ0) is 79.4. The Balaban J connectivity index is 0.000000144. The van der Waals surface area contributed by atoms with E-state index < -0.39 is 0 Å². The lowest BCUT2D eigenvalue weighted by Gasteiger charge is -2.18. The topological polar surface area (TPSA) is 77.3 Å². The molecule has 6 nitrogen and oxygen atoms in total. The van der Waals surface area contributed by atoms with Crippen molar-refractivity contribution in [1.82, 2.24) is 29.9 Å². The van der Waals surface area contributed by atoms with Gasteiger partial charge in [-0.05, 0) is 237 Å². The van der Waals surface area contributed by atoms with Gasteiger partial charge >= 0.3 is 0 Å². The normalized spacial score (nSPS) is 12.0. The first-order valence-corrected chi connectivity index (χ1v) is 41.0. The molecule has 0 unspecified atom stereocenters. The summed E-state index contributed by atoms with van der Waals surface area (Å²) in [5.41, 5.74) is 23.8. The summed E-state index contributed by atoms with van der Waals surface area (Å²) < 4.78 is 0. The molecular weight excluding hydrogens is 1450 g/mol. The average Bonchev–Trinajstić information content (AvgIpc) is 0.733. The number of nitrogens with zero attached hydrogens (tertiary/aromatic N) is 6. The van der Waals surface area contributed by atoms with E-state index in [4.69, 9.17) is 19.9 Å². The van der Waals surface area contributed by atoms with E-state index in [0.717, 1.165) is 102 Å². The van der Waals surface area contributed by atoms with Crippen LogP contribution in [0.4, 0.5) is 0 Å². The Labute approximate surface area is 694 Å². The van der Waals surface area contributed by atoms with E-state index in [0.29, 0.717) is 11.6 Å². The largest absolute Gasteiger partial charge is 0.264 e. The highest BCUT2D eigenvalue weighted by atomic mass is 14.9. The van der Waals surface area contributed by atoms with Crippen LogP contribution in [0, 0.1) is 0 Å². The van der Waals surface area contributed by atoms with E-state index in [9.17, 15) is 0 Å². The first-order valence-electron chi connectivity index (χ1n) is 41.0. The number of hydrogen-bond acceptors (Lipinski definition) is 6. The molecule has 0 spiro atoms. The summed E-state index contributed by atoms with van der Waals surface area (Å²) in [5, 5.41) is 22.0. The Bertz CT molecular complexity index is 7880. The zero-order valence-corrected chi connectivity index (χ0v) is 65.5. The molecule has 0 atom stereocenters. The maximum absolute atomic E-state index is 5.45. The van der Waals surface area contributed by atoms with Crippen molar-refractivity contribution in [3.05, 3.63) is 435 Å². The van der Waals surface area contributed by atoms with Crippen LogP contribution in [0.3, 0.4) is 0 Å². The second kappa shape index (κ2) is 30.5. The molecule has 0 radical (unpaired) electrons. The lowest BCUT2D eigenvalue weighted by molar-refractivity contribution is 1.04. The highest BCUT2D eigenvalue weighted by Crippen LogP contribution is 2.48. The van der Waals surface area contributed by atoms with E-state index in [1.54, 1.807) is 0 Å². The van der Waals surface area contributed by atoms with Gasteiger partial charge in [-0.15, -0.1) is 0 Å². The smallest absolute Gasteiger partial charge is 0.160 e. The molecule has 0 saturated heterocycles. The van der Waals surface area contributed by atoms with E-state index in [1.807, 2.05) is 36.9 Å². The first kappa shape index (κ1) is 70.8. The molecular formula is C114H74N6. The van der Waals surface area contributed by atoms with Crippen molar-refractivity contribution in [3.8, 4) is 123 Å². The first-order chi connectivity index (χ1) is 59.5. The summed E-state index contributed by atoms with van der Waals surface area (Å²) in [7, 11) is 0. The molecule has 1 aliphatic rings. The van der Waals surface area contributed by atoms with Crippen LogP contribution in [0.15, 0.2) is 419 Å². The molecule has 1 aliphatic carbocycles. The molecule has 22 aromatic rings. The summed E-state index contributed by atoms with van der Waals surface area (Å²) in [6.07, 6.45) is 11.7. The number of rotatable bonds is 12. The van der Waals surface area contributed by atoms with Crippen LogP contribution < -0.4 is 10.4 Å². The molecule has 4 aromatic heterocycles. The van der Waals surface area contributed by atoms with Crippen molar-refractivity contribution < 1.29 is 0 Å². The third-order valence-corrected chi connectivity index (χ3v) is 23.9. The monoisotopic (exact) mass is 1530 g/mol. The van der Waals surface area contributed by atoms with E-state index in [1.165, 1.54) is 130 Å². The molecule has 0 aliphatic heterocycles. The van der Waals surface area contributed by atoms with Gasteiger partial charge in [0.2, 0.25) is 0 Å². The summed E-state index contributed by atoms with van der Waals surface area (Å²) in [6.45, 7) is 0. The van der Waals surface area contributed by atoms with Crippen LogP contribution in [0.25, 0.3) is 221 Å². The molecule has 18 aromatic carbocycles. The number of fused-ring (bicyclic) bond motifs is 10. The Morgan fingerprint density at radius 2 is 0.550 bits per heavy atom. The number of hydrogen-bond donors (Lipinski definition) is 0. The molecule has 0 amide bonds. The van der Waals surface area contributed by atoms with Crippen LogP contribution in [0.1, 0.15) is 18.5 Å². The molecule has 0 saturated carbocycles. The lowest BCUT2D eigenvalue weighted by atomic mass is 9.85. The fraction of sp³-hybridized carbons (Fsp3) is 0.0175. The molecule has 0 fully saturated rings. The number of benzene rings is 18. The summed E-state index contributed by atoms with van der Waals surface area (Å²) in [5.74, 6) is 1.38. The average molecular weight is 1530 g/mol. The standard InChI is InChI=1S/C59H37N3.C55H37N3/c1-2-15-39-33-44(30-29-38(39)14-1)58-52-27-9-7-25-50(52)57(51-26-8-10-28-53(51)58)43-19-12-20-45(34-43)59-61-55(42-18-11-17-40(32-42)46-21-13-31-60-37-46)36-56(62-59)54-35-41-16-3-4-22-47(41)48-23-5-6-24-49(48)54;1-2-15-38-32-42(29-28-36(38)13-1)54-49-25-7-5-23-47(49)53(48-24-6-8-26-50(48)54)41-19-10-20-43(33-41)55-57-51(40-18-9-17-39(31-40)44-21-12-30-56-35-44)34-52(58-55)46-27-11-16-37-14-3-4-22-45(37)46/h1-37H;1-10,12-26,28-35H,11,27H2. The van der Waals surface area contributed by atoms with Crippen LogP contribution in [0.5, 0.6) is 0 Å². The van der Waals surface area contributed by atoms with Crippen LogP contribution in [0.2, 0.25) is 0 Å². The van der Waals surface area contributed by atoms with Gasteiger partial charge < -0.3 is 0 Å². The van der Waals surface area contributed by atoms with Crippen LogP contribution >= 0.6 is 0 Å². The van der Waals surface area contributed by atoms with Crippen molar-refractivity contribution >= 4 is 97.8 Å². The summed E-state index contributed by atoms with van der Waals surface area (Å²) in [4.78, 5) is 30.4. The SMILES string of the molecule is C1=c2ccccc2=C(c2cc(-c3cccc(-c4cccnc4)c3)nc(-c3cccc(-c4c5ccccc5c(-c5ccc6ccccc6c5)c5ccccc45)c3)n2)CC1.c1cncc(-c2cccc(-c3cc(-c4cc5ccccc5c5ccccc45)nc(-c4cccc(-c5c6ccccc6c(-c6ccc7ccccc7c6)c6ccccc56)c4)n3)c2)c1. The third kappa shape index (κ3) is 13.1. The Kier molecular flexibility index (Phi) is 18.0. The van der Waals surface area contributed by atoms with Gasteiger partial charge in [0.15, 0.2) is 11.6 Å². The van der Waals surface area contributed by atoms with Gasteiger partial charge in [0.05, 0.1) is 22.8 Å². The third-order valence-electron chi connectivity index (χ3n) is 23.9. The lowest BCUT2D eigenvalue weighted by Crippen LogP contribution is -2.29. The van der Waals surface area contributed by atoms with Crippen molar-refractivity contribution in [3.63, 3.8) is 0 Å². The van der Waals surface area contributed by atoms with Gasteiger partial charge in [0.25, 0.3) is 0 Å². The minimum atomic E-state index is 0.671. The van der Waals surface area contributed by atoms with Crippen LogP contribution in [-0.2, 0) is 0 Å². The highest BCUT2D eigenvalue weighted by molar-refractivity contribution is 6.24. The van der Waals surface area contributed by atoms with E-state index >= 15 is 0 Å². The molecule has 0 N–H and O–H groups in total. The van der Waals surface area contributed by atoms with E-state index in [-0.39, 0.29) is 0 Å². The maximum Gasteiger partial charge on any atom is 0.160 e. The van der Waals surface area contributed by atoms with Crippen molar-refractivity contribution in [2.45, 2.75) is 12.8 Å². The van der Waals surface area contributed by atoms with Gasteiger partial charge in [-0.1, -0.05) is 334 Å². The zero-order valence-electron chi connectivity index (χ0n) is 65.5. The van der Waals surface area contributed by atoms with Crippen LogP contribution in [-0.4, -0.2) is 29.9 Å². The quantitative estimate of drug-likeness (QED) is 0.0896. The van der Waals surface area contributed by atoms with Crippen molar-refractivity contribution in [2.75, 3.05) is 0 Å². The second-order valence-electron chi connectivity index (χ2n) is 31.0. The predicted molar refractivity (Wildman–Crippen MR) is 501 cm³/mol. The fourth-order valence-corrected chi connectivity index (χ4v) is 18.3. The molecule has 23 rings (SSSR count). The minimum absolute atomic E-state index is 0.671. The number of aromatic nitrogens is 6. The summed E-state index contributed by atoms with van der Waals surface area (Å²) in [6, 6.07) is 142. The Morgan fingerprint density at radius 3 is 1.02 bits per heavy atom. The molecule has 0 bridgehead atoms. The number of pyridine rings is 2. The highest BCUT2D eigenvalue weighted by Gasteiger charge is 2.24. The molecule has 560 valence electrons. The van der Waals surface area contributed by atoms with Crippen molar-refractivity contribution in [2.24, 2.45) is 0 Å². The Morgan fingerprint density at radius 1 is 0.200 bits per heavy atom. The second-order valence-corrected chi connectivity index (χ2v) is 31.0. The summed E-state index contributed by atoms with van der Waals surface area (Å²) >= 11 is 0. The molecule has 120 heavy (non-hydrogen) atoms. The predicted octanol–water partition coefficient (Wildman–Crippen LogP) is 28.1. The molecule has 6 heteroatoms. The fourth-order valence-electron chi connectivity index (χ4n) is 18.3. The van der Waals surface area contributed by atoms with E-state index in [2.05, 4.69) is 398 Å². The van der Waals surface area contributed by atoms with Gasteiger partial charge in [-0.2, -0.15) is 0 Å².